The van der Waals surface area contributed by atoms with Gasteiger partial charge in [-0.3, -0.25) is 0 Å². The molecule has 158 valence electrons. The number of hydrogen-bond donors (Lipinski definition) is 0. The van der Waals surface area contributed by atoms with E-state index < -0.39 is 0 Å². The van der Waals surface area contributed by atoms with Crippen LogP contribution < -0.4 is 0 Å². The van der Waals surface area contributed by atoms with Gasteiger partial charge in [-0.05, 0) is 45.8 Å². The molecule has 0 atom stereocenters. The van der Waals surface area contributed by atoms with Crippen molar-refractivity contribution in [1.82, 2.24) is 4.57 Å². The van der Waals surface area contributed by atoms with Gasteiger partial charge in [-0.2, -0.15) is 0 Å². The molecule has 2 heteroatoms. The predicted molar refractivity (Wildman–Crippen MR) is 149 cm³/mol. The molecule has 8 rings (SSSR count). The van der Waals surface area contributed by atoms with Crippen molar-refractivity contribution >= 4 is 74.9 Å². The molecule has 0 radical (unpaired) electrons. The van der Waals surface area contributed by atoms with Crippen LogP contribution in [0.1, 0.15) is 0 Å². The molecule has 0 aliphatic rings. The highest BCUT2D eigenvalue weighted by Gasteiger charge is 2.18. The van der Waals surface area contributed by atoms with E-state index in [1.807, 2.05) is 11.3 Å². The molecule has 0 saturated heterocycles. The van der Waals surface area contributed by atoms with E-state index in [0.29, 0.717) is 0 Å². The summed E-state index contributed by atoms with van der Waals surface area (Å²) in [5, 5.41) is 10.5. The zero-order chi connectivity index (χ0) is 22.2. The van der Waals surface area contributed by atoms with E-state index in [0.717, 1.165) is 0 Å². The monoisotopic (exact) mass is 449 g/mol. The Kier molecular flexibility index (Phi) is 3.60. The Morgan fingerprint density at radius 1 is 0.500 bits per heavy atom. The molecule has 1 nitrogen and oxygen atoms in total. The topological polar surface area (TPSA) is 4.93 Å². The SMILES string of the molecule is c1ccc2cc(-n3c4ccccc4c4ccc5c(sc6ccc7ccccc7c65)c43)ccc2c1. The first kappa shape index (κ1) is 18.3. The molecule has 2 aromatic heterocycles. The van der Waals surface area contributed by atoms with Crippen LogP contribution in [0.3, 0.4) is 0 Å². The third kappa shape index (κ3) is 2.38. The molecule has 8 aromatic rings. The molecule has 0 saturated carbocycles. The van der Waals surface area contributed by atoms with Crippen molar-refractivity contribution in [2.45, 2.75) is 0 Å². The first-order valence-electron chi connectivity index (χ1n) is 11.6. The summed E-state index contributed by atoms with van der Waals surface area (Å²) in [6.45, 7) is 0. The molecule has 0 fully saturated rings. The van der Waals surface area contributed by atoms with Crippen LogP contribution in [-0.4, -0.2) is 4.57 Å². The summed E-state index contributed by atoms with van der Waals surface area (Å²) in [5.74, 6) is 0. The van der Waals surface area contributed by atoms with Crippen molar-refractivity contribution in [2.75, 3.05) is 0 Å². The maximum Gasteiger partial charge on any atom is 0.0719 e. The van der Waals surface area contributed by atoms with Crippen molar-refractivity contribution in [2.24, 2.45) is 0 Å². The van der Waals surface area contributed by atoms with E-state index in [4.69, 9.17) is 0 Å². The number of thiophene rings is 1. The van der Waals surface area contributed by atoms with Crippen molar-refractivity contribution in [3.05, 3.63) is 115 Å². The van der Waals surface area contributed by atoms with Gasteiger partial charge >= 0.3 is 0 Å². The second-order valence-corrected chi connectivity index (χ2v) is 10.0. The number of hydrogen-bond acceptors (Lipinski definition) is 1. The quantitative estimate of drug-likeness (QED) is 0.235. The molecule has 0 aliphatic carbocycles. The fourth-order valence-electron chi connectivity index (χ4n) is 5.64. The van der Waals surface area contributed by atoms with E-state index in [1.165, 1.54) is 69.2 Å². The van der Waals surface area contributed by atoms with Crippen LogP contribution in [-0.2, 0) is 0 Å². The van der Waals surface area contributed by atoms with Crippen LogP contribution in [0, 0.1) is 0 Å². The summed E-state index contributed by atoms with van der Waals surface area (Å²) < 4.78 is 5.17. The third-order valence-electron chi connectivity index (χ3n) is 7.15. The van der Waals surface area contributed by atoms with Crippen LogP contribution in [0.2, 0.25) is 0 Å². The first-order chi connectivity index (χ1) is 16.9. The Hall–Kier alpha value is -4.14. The molecule has 2 heterocycles. The van der Waals surface area contributed by atoms with Gasteiger partial charge in [-0.25, -0.2) is 0 Å². The minimum atomic E-state index is 1.21. The minimum absolute atomic E-state index is 1.21. The number of aromatic nitrogens is 1. The average molecular weight is 450 g/mol. The lowest BCUT2D eigenvalue weighted by molar-refractivity contribution is 1.19. The van der Waals surface area contributed by atoms with Gasteiger partial charge in [-0.1, -0.05) is 91.0 Å². The molecular weight excluding hydrogens is 430 g/mol. The van der Waals surface area contributed by atoms with E-state index in [9.17, 15) is 0 Å². The molecule has 0 N–H and O–H groups in total. The number of rotatable bonds is 1. The highest BCUT2D eigenvalue weighted by atomic mass is 32.1. The zero-order valence-corrected chi connectivity index (χ0v) is 19.1. The molecule has 0 spiro atoms. The van der Waals surface area contributed by atoms with Crippen LogP contribution >= 0.6 is 11.3 Å². The summed E-state index contributed by atoms with van der Waals surface area (Å²) in [7, 11) is 0. The predicted octanol–water partition coefficient (Wildman–Crippen LogP) is 9.46. The molecule has 0 amide bonds. The fraction of sp³-hybridized carbons (Fsp3) is 0. The van der Waals surface area contributed by atoms with Crippen molar-refractivity contribution < 1.29 is 0 Å². The zero-order valence-electron chi connectivity index (χ0n) is 18.3. The molecule has 0 unspecified atom stereocenters. The highest BCUT2D eigenvalue weighted by molar-refractivity contribution is 7.26. The summed E-state index contributed by atoms with van der Waals surface area (Å²) in [6, 6.07) is 42.2. The van der Waals surface area contributed by atoms with Crippen molar-refractivity contribution in [3.63, 3.8) is 0 Å². The van der Waals surface area contributed by atoms with Gasteiger partial charge in [-0.15, -0.1) is 11.3 Å². The van der Waals surface area contributed by atoms with Gasteiger partial charge in [0.1, 0.15) is 0 Å². The Morgan fingerprint density at radius 2 is 1.21 bits per heavy atom. The van der Waals surface area contributed by atoms with Crippen LogP contribution in [0.25, 0.3) is 69.2 Å². The maximum absolute atomic E-state index is 2.47. The Balaban J connectivity index is 1.59. The van der Waals surface area contributed by atoms with Gasteiger partial charge in [0.05, 0.1) is 15.7 Å². The second-order valence-electron chi connectivity index (χ2n) is 8.98. The number of fused-ring (bicyclic) bond motifs is 10. The van der Waals surface area contributed by atoms with Gasteiger partial charge in [0.15, 0.2) is 0 Å². The molecule has 34 heavy (non-hydrogen) atoms. The molecule has 0 bridgehead atoms. The minimum Gasteiger partial charge on any atom is -0.308 e. The summed E-state index contributed by atoms with van der Waals surface area (Å²) >= 11 is 1.91. The number of nitrogens with zero attached hydrogens (tertiary/aromatic N) is 1. The maximum atomic E-state index is 2.47. The lowest BCUT2D eigenvalue weighted by Gasteiger charge is -2.10. The number of benzene rings is 6. The normalized spacial score (nSPS) is 12.1. The largest absolute Gasteiger partial charge is 0.308 e. The van der Waals surface area contributed by atoms with Crippen molar-refractivity contribution in [3.8, 4) is 5.69 Å². The van der Waals surface area contributed by atoms with Crippen LogP contribution in [0.4, 0.5) is 0 Å². The standard InChI is InChI=1S/C32H19NS/c1-2-9-22-19-23(15-13-20(22)7-1)33-28-12-6-5-11-25(28)26-16-17-27-30-24-10-4-3-8-21(24)14-18-29(30)34-32(27)31(26)33/h1-19H. The van der Waals surface area contributed by atoms with E-state index in [2.05, 4.69) is 120 Å². The van der Waals surface area contributed by atoms with Crippen LogP contribution in [0.5, 0.6) is 0 Å². The Bertz CT molecular complexity index is 2070. The van der Waals surface area contributed by atoms with Gasteiger partial charge in [0.25, 0.3) is 0 Å². The Morgan fingerprint density at radius 3 is 2.12 bits per heavy atom. The molecular formula is C32H19NS. The highest BCUT2D eigenvalue weighted by Crippen LogP contribution is 2.45. The van der Waals surface area contributed by atoms with Gasteiger partial charge in [0, 0.05) is 31.9 Å². The smallest absolute Gasteiger partial charge is 0.0719 e. The second kappa shape index (κ2) is 6.69. The molecule has 0 aliphatic heterocycles. The van der Waals surface area contributed by atoms with Gasteiger partial charge < -0.3 is 4.57 Å². The lowest BCUT2D eigenvalue weighted by Crippen LogP contribution is -1.93. The van der Waals surface area contributed by atoms with E-state index in [-0.39, 0.29) is 0 Å². The molecule has 6 aromatic carbocycles. The number of para-hydroxylation sites is 1. The lowest BCUT2D eigenvalue weighted by atomic mass is 10.0. The average Bonchev–Trinajstić information content (AvgIpc) is 3.44. The van der Waals surface area contributed by atoms with E-state index in [1.54, 1.807) is 0 Å². The summed E-state index contributed by atoms with van der Waals surface area (Å²) in [4.78, 5) is 0. The third-order valence-corrected chi connectivity index (χ3v) is 8.33. The first-order valence-corrected chi connectivity index (χ1v) is 12.4. The summed E-state index contributed by atoms with van der Waals surface area (Å²) in [6.07, 6.45) is 0. The Labute approximate surface area is 200 Å². The fourth-order valence-corrected chi connectivity index (χ4v) is 6.89. The van der Waals surface area contributed by atoms with E-state index >= 15 is 0 Å². The summed E-state index contributed by atoms with van der Waals surface area (Å²) in [5.41, 5.74) is 3.77. The van der Waals surface area contributed by atoms with Crippen LogP contribution in [0.15, 0.2) is 115 Å². The van der Waals surface area contributed by atoms with Crippen molar-refractivity contribution in [1.29, 1.82) is 0 Å². The van der Waals surface area contributed by atoms with Gasteiger partial charge in [0.2, 0.25) is 0 Å².